The van der Waals surface area contributed by atoms with Gasteiger partial charge in [-0.3, -0.25) is 9.97 Å². The fourth-order valence-corrected chi connectivity index (χ4v) is 2.92. The van der Waals surface area contributed by atoms with Gasteiger partial charge < -0.3 is 4.52 Å². The lowest BCUT2D eigenvalue weighted by Crippen LogP contribution is -2.27. The minimum Gasteiger partial charge on any atom is -0.339 e. The predicted molar refractivity (Wildman–Crippen MR) is 74.6 cm³/mol. The Hall–Kier alpha value is -1.99. The van der Waals surface area contributed by atoms with Crippen LogP contribution in [0.4, 0.5) is 13.2 Å². The first-order valence-corrected chi connectivity index (χ1v) is 7.61. The van der Waals surface area contributed by atoms with Gasteiger partial charge in [0.15, 0.2) is 5.82 Å². The normalized spacial score (nSPS) is 23.7. The molecule has 0 amide bonds. The maximum Gasteiger partial charge on any atom is 0.391 e. The third-order valence-electron chi connectivity index (χ3n) is 4.41. The van der Waals surface area contributed by atoms with Gasteiger partial charge in [-0.1, -0.05) is 5.16 Å². The maximum absolute atomic E-state index is 12.7. The molecule has 1 fully saturated rings. The molecule has 1 saturated carbocycles. The minimum absolute atomic E-state index is 0.0936. The van der Waals surface area contributed by atoms with Crippen molar-refractivity contribution in [3.63, 3.8) is 0 Å². The number of hydrogen-bond acceptors (Lipinski definition) is 5. The third-order valence-corrected chi connectivity index (χ3v) is 4.41. The molecule has 0 aromatic carbocycles. The van der Waals surface area contributed by atoms with Gasteiger partial charge in [0.2, 0.25) is 5.89 Å². The summed E-state index contributed by atoms with van der Waals surface area (Å²) < 4.78 is 43.4. The molecule has 2 aromatic heterocycles. The zero-order valence-electron chi connectivity index (χ0n) is 12.6. The lowest BCUT2D eigenvalue weighted by atomic mass is 9.81. The smallest absolute Gasteiger partial charge is 0.339 e. The molecule has 1 unspecified atom stereocenters. The van der Waals surface area contributed by atoms with Gasteiger partial charge in [-0.05, 0) is 32.6 Å². The van der Waals surface area contributed by atoms with Gasteiger partial charge in [-0.25, -0.2) is 0 Å². The van der Waals surface area contributed by atoms with Crippen LogP contribution in [0.2, 0.25) is 0 Å². The molecule has 0 radical (unpaired) electrons. The van der Waals surface area contributed by atoms with E-state index in [1.807, 2.05) is 6.92 Å². The Morgan fingerprint density at radius 1 is 1.17 bits per heavy atom. The highest BCUT2D eigenvalue weighted by atomic mass is 19.4. The molecule has 0 N–H and O–H groups in total. The molecular formula is C15H17F3N4O. The van der Waals surface area contributed by atoms with Crippen molar-refractivity contribution in [3.05, 3.63) is 36.0 Å². The van der Waals surface area contributed by atoms with E-state index in [9.17, 15) is 13.2 Å². The van der Waals surface area contributed by atoms with E-state index in [1.165, 1.54) is 0 Å². The molecule has 2 aromatic rings. The Morgan fingerprint density at radius 3 is 2.52 bits per heavy atom. The van der Waals surface area contributed by atoms with Crippen molar-refractivity contribution in [2.75, 3.05) is 0 Å². The van der Waals surface area contributed by atoms with Gasteiger partial charge in [0.1, 0.15) is 0 Å². The topological polar surface area (TPSA) is 64.7 Å². The lowest BCUT2D eigenvalue weighted by Gasteiger charge is -2.27. The average Bonchev–Trinajstić information content (AvgIpc) is 3.04. The molecule has 0 spiro atoms. The largest absolute Gasteiger partial charge is 0.391 e. The van der Waals surface area contributed by atoms with Crippen LogP contribution in [0, 0.1) is 5.92 Å². The van der Waals surface area contributed by atoms with E-state index in [2.05, 4.69) is 20.1 Å². The second-order valence-electron chi connectivity index (χ2n) is 5.93. The van der Waals surface area contributed by atoms with Crippen LogP contribution >= 0.6 is 0 Å². The summed E-state index contributed by atoms with van der Waals surface area (Å²) in [4.78, 5) is 12.6. The summed E-state index contributed by atoms with van der Waals surface area (Å²) in [5.74, 6) is -0.564. The van der Waals surface area contributed by atoms with Gasteiger partial charge in [0, 0.05) is 24.5 Å². The first-order valence-electron chi connectivity index (χ1n) is 7.61. The van der Waals surface area contributed by atoms with Crippen molar-refractivity contribution in [1.82, 2.24) is 20.1 Å². The van der Waals surface area contributed by atoms with E-state index < -0.39 is 12.1 Å². The molecule has 2 heterocycles. The van der Waals surface area contributed by atoms with E-state index >= 15 is 0 Å². The summed E-state index contributed by atoms with van der Waals surface area (Å²) in [5.41, 5.74) is 0.723. The van der Waals surface area contributed by atoms with E-state index in [1.54, 1.807) is 18.6 Å². The van der Waals surface area contributed by atoms with Crippen molar-refractivity contribution >= 4 is 0 Å². The Bertz CT molecular complexity index is 636. The second kappa shape index (κ2) is 6.25. The van der Waals surface area contributed by atoms with Crippen LogP contribution in [0.25, 0.3) is 0 Å². The van der Waals surface area contributed by atoms with Crippen LogP contribution in [0.5, 0.6) is 0 Å². The number of rotatable bonds is 3. The van der Waals surface area contributed by atoms with Crippen molar-refractivity contribution in [2.24, 2.45) is 5.92 Å². The fraction of sp³-hybridized carbons (Fsp3) is 0.600. The molecular weight excluding hydrogens is 309 g/mol. The van der Waals surface area contributed by atoms with Crippen LogP contribution in [0.15, 0.2) is 23.1 Å². The zero-order chi connectivity index (χ0) is 16.4. The van der Waals surface area contributed by atoms with Crippen LogP contribution in [-0.2, 0) is 0 Å². The van der Waals surface area contributed by atoms with Crippen LogP contribution in [-0.4, -0.2) is 26.3 Å². The first-order chi connectivity index (χ1) is 10.9. The highest BCUT2D eigenvalue weighted by molar-refractivity contribution is 5.13. The van der Waals surface area contributed by atoms with E-state index in [4.69, 9.17) is 4.52 Å². The minimum atomic E-state index is -4.11. The summed E-state index contributed by atoms with van der Waals surface area (Å²) >= 11 is 0. The molecule has 1 aliphatic carbocycles. The number of hydrogen-bond donors (Lipinski definition) is 0. The zero-order valence-corrected chi connectivity index (χ0v) is 12.6. The van der Waals surface area contributed by atoms with Crippen LogP contribution < -0.4 is 0 Å². The number of alkyl halides is 3. The van der Waals surface area contributed by atoms with Crippen molar-refractivity contribution in [3.8, 4) is 0 Å². The van der Waals surface area contributed by atoms with Crippen LogP contribution in [0.1, 0.15) is 61.9 Å². The molecule has 0 aliphatic heterocycles. The molecule has 5 nitrogen and oxygen atoms in total. The number of nitrogens with zero attached hydrogens (tertiary/aromatic N) is 4. The Labute approximate surface area is 131 Å². The molecule has 0 saturated heterocycles. The molecule has 124 valence electrons. The summed E-state index contributed by atoms with van der Waals surface area (Å²) in [6.45, 7) is 1.89. The van der Waals surface area contributed by atoms with Crippen molar-refractivity contribution in [2.45, 2.75) is 50.6 Å². The van der Waals surface area contributed by atoms with Gasteiger partial charge >= 0.3 is 6.18 Å². The predicted octanol–water partition coefficient (Wildman–Crippen LogP) is 3.85. The molecule has 1 atom stereocenters. The van der Waals surface area contributed by atoms with Crippen molar-refractivity contribution in [1.29, 1.82) is 0 Å². The summed E-state index contributed by atoms with van der Waals surface area (Å²) in [6.07, 6.45) is 1.77. The van der Waals surface area contributed by atoms with Gasteiger partial charge in [-0.15, -0.1) is 0 Å². The van der Waals surface area contributed by atoms with Crippen LogP contribution in [0.3, 0.4) is 0 Å². The average molecular weight is 326 g/mol. The number of halogens is 3. The van der Waals surface area contributed by atoms with E-state index in [0.29, 0.717) is 24.6 Å². The molecule has 23 heavy (non-hydrogen) atoms. The lowest BCUT2D eigenvalue weighted by molar-refractivity contribution is -0.182. The first kappa shape index (κ1) is 15.9. The SMILES string of the molecule is CC(c1cnccn1)c1noc(C2CCC(C(F)(F)F)CC2)n1. The van der Waals surface area contributed by atoms with Gasteiger partial charge in [-0.2, -0.15) is 18.2 Å². The highest BCUT2D eigenvalue weighted by Gasteiger charge is 2.42. The summed E-state index contributed by atoms with van der Waals surface area (Å²) in [6, 6.07) is 0. The summed E-state index contributed by atoms with van der Waals surface area (Å²) in [5, 5.41) is 3.96. The third kappa shape index (κ3) is 3.51. The Balaban J connectivity index is 1.66. The standard InChI is InChI=1S/C15H17F3N4O/c1-9(12-8-19-6-7-20-12)13-21-14(23-22-13)10-2-4-11(5-3-10)15(16,17)18/h6-11H,2-5H2,1H3. The monoisotopic (exact) mass is 326 g/mol. The molecule has 1 aliphatic rings. The quantitative estimate of drug-likeness (QED) is 0.857. The molecule has 0 bridgehead atoms. The second-order valence-corrected chi connectivity index (χ2v) is 5.93. The summed E-state index contributed by atoms with van der Waals surface area (Å²) in [7, 11) is 0. The fourth-order valence-electron chi connectivity index (χ4n) is 2.92. The van der Waals surface area contributed by atoms with Gasteiger partial charge in [0.25, 0.3) is 0 Å². The molecule has 3 rings (SSSR count). The number of aromatic nitrogens is 4. The van der Waals surface area contributed by atoms with Crippen molar-refractivity contribution < 1.29 is 17.7 Å². The van der Waals surface area contributed by atoms with Gasteiger partial charge in [0.05, 0.1) is 17.5 Å². The molecule has 8 heteroatoms. The highest BCUT2D eigenvalue weighted by Crippen LogP contribution is 2.42. The van der Waals surface area contributed by atoms with E-state index in [-0.39, 0.29) is 24.7 Å². The Morgan fingerprint density at radius 2 is 1.91 bits per heavy atom. The Kier molecular flexibility index (Phi) is 4.32. The maximum atomic E-state index is 12.7. The van der Waals surface area contributed by atoms with E-state index in [0.717, 1.165) is 5.69 Å².